The van der Waals surface area contributed by atoms with E-state index in [1.165, 1.54) is 15.9 Å². The van der Waals surface area contributed by atoms with Crippen molar-refractivity contribution in [3.8, 4) is 0 Å². The van der Waals surface area contributed by atoms with Crippen molar-refractivity contribution in [3.05, 3.63) is 91.0 Å². The molecule has 3 aromatic rings. The van der Waals surface area contributed by atoms with Gasteiger partial charge in [-0.2, -0.15) is 0 Å². The first-order chi connectivity index (χ1) is 13.4. The van der Waals surface area contributed by atoms with Crippen LogP contribution in [0.25, 0.3) is 0 Å². The van der Waals surface area contributed by atoms with Crippen molar-refractivity contribution in [2.75, 3.05) is 19.4 Å². The second-order valence-electron chi connectivity index (χ2n) is 6.85. The van der Waals surface area contributed by atoms with E-state index in [4.69, 9.17) is 9.47 Å². The van der Waals surface area contributed by atoms with Crippen LogP contribution >= 0.6 is 7.26 Å². The summed E-state index contributed by atoms with van der Waals surface area (Å²) in [7, 11) is -1.78. The molecule has 1 aliphatic heterocycles. The number of benzene rings is 3. The minimum absolute atomic E-state index is 0.0886. The number of hydrogen-bond acceptors (Lipinski definition) is 2. The molecule has 3 aromatic carbocycles. The highest BCUT2D eigenvalue weighted by Crippen LogP contribution is 2.56. The Labute approximate surface area is 162 Å². The topological polar surface area (TPSA) is 18.5 Å². The van der Waals surface area contributed by atoms with Gasteiger partial charge in [-0.3, -0.25) is 0 Å². The first-order valence-corrected chi connectivity index (χ1v) is 11.7. The van der Waals surface area contributed by atoms with Gasteiger partial charge in [-0.05, 0) is 42.8 Å². The molecule has 1 heterocycles. The van der Waals surface area contributed by atoms with Crippen molar-refractivity contribution in [1.29, 1.82) is 0 Å². The second kappa shape index (κ2) is 8.80. The summed E-state index contributed by atoms with van der Waals surface area (Å²) in [6.07, 6.45) is 2.85. The first-order valence-electron chi connectivity index (χ1n) is 9.68. The van der Waals surface area contributed by atoms with Crippen LogP contribution in [0.2, 0.25) is 0 Å². The van der Waals surface area contributed by atoms with Gasteiger partial charge in [0.1, 0.15) is 23.2 Å². The SMILES string of the molecule is c1ccc([P+](CCC2OCCCO2)(c2ccccc2)c2ccccc2)cc1. The van der Waals surface area contributed by atoms with E-state index in [9.17, 15) is 0 Å². The third kappa shape index (κ3) is 3.99. The lowest BCUT2D eigenvalue weighted by Crippen LogP contribution is -2.35. The van der Waals surface area contributed by atoms with Gasteiger partial charge in [-0.15, -0.1) is 0 Å². The normalized spacial score (nSPS) is 15.6. The van der Waals surface area contributed by atoms with Crippen molar-refractivity contribution in [2.24, 2.45) is 0 Å². The van der Waals surface area contributed by atoms with Crippen molar-refractivity contribution in [1.82, 2.24) is 0 Å². The quantitative estimate of drug-likeness (QED) is 0.602. The summed E-state index contributed by atoms with van der Waals surface area (Å²) in [6, 6.07) is 33.0. The van der Waals surface area contributed by atoms with Crippen LogP contribution in [0, 0.1) is 0 Å². The Morgan fingerprint density at radius 2 is 1.04 bits per heavy atom. The molecule has 2 nitrogen and oxygen atoms in total. The lowest BCUT2D eigenvalue weighted by Gasteiger charge is -2.30. The fraction of sp³-hybridized carbons (Fsp3) is 0.250. The zero-order chi connectivity index (χ0) is 18.4. The molecule has 3 heteroatoms. The van der Waals surface area contributed by atoms with Crippen LogP contribution in [0.3, 0.4) is 0 Å². The maximum Gasteiger partial charge on any atom is 0.161 e. The average Bonchev–Trinajstić information content (AvgIpc) is 2.77. The summed E-state index contributed by atoms with van der Waals surface area (Å²) in [5, 5.41) is 4.25. The van der Waals surface area contributed by atoms with Gasteiger partial charge >= 0.3 is 0 Å². The van der Waals surface area contributed by atoms with Gasteiger partial charge in [0, 0.05) is 6.42 Å². The van der Waals surface area contributed by atoms with E-state index >= 15 is 0 Å². The largest absolute Gasteiger partial charge is 0.352 e. The maximum absolute atomic E-state index is 5.88. The number of hydrogen-bond donors (Lipinski definition) is 0. The second-order valence-corrected chi connectivity index (χ2v) is 10.5. The highest BCUT2D eigenvalue weighted by atomic mass is 31.2. The summed E-state index contributed by atoms with van der Waals surface area (Å²) < 4.78 is 11.8. The molecule has 0 amide bonds. The molecule has 1 saturated heterocycles. The average molecular weight is 377 g/mol. The molecule has 27 heavy (non-hydrogen) atoms. The van der Waals surface area contributed by atoms with Gasteiger partial charge < -0.3 is 9.47 Å². The van der Waals surface area contributed by atoms with Crippen LogP contribution in [0.4, 0.5) is 0 Å². The molecule has 1 aliphatic rings. The van der Waals surface area contributed by atoms with E-state index in [-0.39, 0.29) is 6.29 Å². The van der Waals surface area contributed by atoms with Crippen molar-refractivity contribution < 1.29 is 9.47 Å². The van der Waals surface area contributed by atoms with Gasteiger partial charge in [-0.25, -0.2) is 0 Å². The van der Waals surface area contributed by atoms with Crippen LogP contribution in [0.5, 0.6) is 0 Å². The van der Waals surface area contributed by atoms with Crippen LogP contribution in [-0.4, -0.2) is 25.7 Å². The van der Waals surface area contributed by atoms with Gasteiger partial charge in [-0.1, -0.05) is 54.6 Å². The van der Waals surface area contributed by atoms with Gasteiger partial charge in [0.15, 0.2) is 6.29 Å². The summed E-state index contributed by atoms with van der Waals surface area (Å²) >= 11 is 0. The summed E-state index contributed by atoms with van der Waals surface area (Å²) in [6.45, 7) is 1.61. The van der Waals surface area contributed by atoms with Crippen molar-refractivity contribution >= 4 is 23.2 Å². The van der Waals surface area contributed by atoms with Gasteiger partial charge in [0.05, 0.1) is 19.4 Å². The Bertz CT molecular complexity index is 718. The van der Waals surface area contributed by atoms with Gasteiger partial charge in [0.2, 0.25) is 0 Å². The summed E-state index contributed by atoms with van der Waals surface area (Å²) in [5.41, 5.74) is 0. The van der Waals surface area contributed by atoms with E-state index in [0.29, 0.717) is 0 Å². The fourth-order valence-electron chi connectivity index (χ4n) is 3.88. The van der Waals surface area contributed by atoms with Crippen molar-refractivity contribution in [2.45, 2.75) is 19.1 Å². The van der Waals surface area contributed by atoms with E-state index in [1.807, 2.05) is 0 Å². The Morgan fingerprint density at radius 3 is 1.44 bits per heavy atom. The minimum atomic E-state index is -1.78. The molecule has 0 saturated carbocycles. The smallest absolute Gasteiger partial charge is 0.161 e. The Morgan fingerprint density at radius 1 is 0.630 bits per heavy atom. The van der Waals surface area contributed by atoms with Crippen molar-refractivity contribution in [3.63, 3.8) is 0 Å². The molecule has 0 bridgehead atoms. The fourth-order valence-corrected chi connectivity index (χ4v) is 8.19. The summed E-state index contributed by atoms with van der Waals surface area (Å²) in [4.78, 5) is 0. The number of ether oxygens (including phenoxy) is 2. The molecule has 1 fully saturated rings. The molecule has 4 rings (SSSR count). The van der Waals surface area contributed by atoms with Crippen LogP contribution < -0.4 is 15.9 Å². The van der Waals surface area contributed by atoms with Crippen LogP contribution in [-0.2, 0) is 9.47 Å². The molecule has 0 aromatic heterocycles. The Balaban J connectivity index is 1.81. The predicted molar refractivity (Wildman–Crippen MR) is 115 cm³/mol. The molecule has 0 unspecified atom stereocenters. The van der Waals surface area contributed by atoms with E-state index < -0.39 is 7.26 Å². The van der Waals surface area contributed by atoms with E-state index in [0.717, 1.165) is 32.2 Å². The lowest BCUT2D eigenvalue weighted by molar-refractivity contribution is -0.178. The maximum atomic E-state index is 5.88. The molecule has 0 aliphatic carbocycles. The highest BCUT2D eigenvalue weighted by Gasteiger charge is 2.45. The molecular weight excluding hydrogens is 351 g/mol. The molecule has 0 atom stereocenters. The minimum Gasteiger partial charge on any atom is -0.352 e. The lowest BCUT2D eigenvalue weighted by atomic mass is 10.3. The Hall–Kier alpha value is -1.99. The molecule has 138 valence electrons. The highest BCUT2D eigenvalue weighted by molar-refractivity contribution is 7.95. The standard InChI is InChI=1S/C24H26O2P/c1-4-11-21(12-5-1)27(22-13-6-2-7-14-22,23-15-8-3-9-16-23)20-17-24-25-18-10-19-26-24/h1-9,11-16,24H,10,17-20H2/q+1. The third-order valence-corrected chi connectivity index (χ3v) is 9.66. The van der Waals surface area contributed by atoms with Gasteiger partial charge in [0.25, 0.3) is 0 Å². The molecule has 0 radical (unpaired) electrons. The van der Waals surface area contributed by atoms with E-state index in [2.05, 4.69) is 91.0 Å². The molecule has 0 spiro atoms. The van der Waals surface area contributed by atoms with Crippen LogP contribution in [0.1, 0.15) is 12.8 Å². The third-order valence-electron chi connectivity index (χ3n) is 5.19. The number of rotatable bonds is 6. The Kier molecular flexibility index (Phi) is 5.99. The summed E-state index contributed by atoms with van der Waals surface area (Å²) in [5.74, 6) is 0. The zero-order valence-electron chi connectivity index (χ0n) is 15.5. The molecule has 0 N–H and O–H groups in total. The molecular formula is C24H26O2P+. The predicted octanol–water partition coefficient (Wildman–Crippen LogP) is 4.13. The zero-order valence-corrected chi connectivity index (χ0v) is 16.4. The first kappa shape index (κ1) is 18.4. The van der Waals surface area contributed by atoms with Crippen LogP contribution in [0.15, 0.2) is 91.0 Å². The van der Waals surface area contributed by atoms with E-state index in [1.54, 1.807) is 0 Å². The monoisotopic (exact) mass is 377 g/mol.